The van der Waals surface area contributed by atoms with Gasteiger partial charge in [0.15, 0.2) is 0 Å². The molecule has 1 rings (SSSR count). The Bertz CT molecular complexity index is 546. The Morgan fingerprint density at radius 3 is 2.05 bits per heavy atom. The van der Waals surface area contributed by atoms with Crippen LogP contribution in [0.2, 0.25) is 0 Å². The fourth-order valence-corrected chi connectivity index (χ4v) is 2.07. The smallest absolute Gasteiger partial charge is 0.0187 e. The zero-order valence-corrected chi connectivity index (χ0v) is 14.0. The molecule has 0 spiro atoms. The fourth-order valence-electron chi connectivity index (χ4n) is 2.07. The summed E-state index contributed by atoms with van der Waals surface area (Å²) >= 11 is 0. The summed E-state index contributed by atoms with van der Waals surface area (Å²) in [4.78, 5) is 0. The normalized spacial score (nSPS) is 11.1. The Hall–Kier alpha value is -1.82. The van der Waals surface area contributed by atoms with Gasteiger partial charge in [-0.05, 0) is 61.5 Å². The molecule has 0 saturated heterocycles. The Labute approximate surface area is 130 Å². The van der Waals surface area contributed by atoms with Crippen molar-refractivity contribution >= 4 is 11.1 Å². The van der Waals surface area contributed by atoms with Crippen LogP contribution in [0.15, 0.2) is 60.7 Å². The molecule has 1 aromatic rings. The van der Waals surface area contributed by atoms with Gasteiger partial charge < -0.3 is 0 Å². The van der Waals surface area contributed by atoms with Gasteiger partial charge in [0.25, 0.3) is 0 Å². The van der Waals surface area contributed by atoms with Crippen molar-refractivity contribution in [3.8, 4) is 0 Å². The lowest BCUT2D eigenvalue weighted by atomic mass is 9.95. The standard InChI is InChI=1S/C21H28/c1-7-8-9-17(4)19(6)21-14-12-20(13-15-21)18(5)11-10-16(2)3/h10-15H,4,6-9H2,1-3,5H3/b18-11+. The first-order valence-corrected chi connectivity index (χ1v) is 7.75. The van der Waals surface area contributed by atoms with Crippen LogP contribution >= 0.6 is 0 Å². The first-order chi connectivity index (χ1) is 9.95. The number of hydrogen-bond acceptors (Lipinski definition) is 0. The molecule has 0 bridgehead atoms. The molecule has 0 radical (unpaired) electrons. The van der Waals surface area contributed by atoms with Crippen molar-refractivity contribution in [2.24, 2.45) is 0 Å². The van der Waals surface area contributed by atoms with E-state index in [1.165, 1.54) is 35.1 Å². The lowest BCUT2D eigenvalue weighted by molar-refractivity contribution is 0.802. The number of rotatable bonds is 7. The van der Waals surface area contributed by atoms with Gasteiger partial charge in [-0.15, -0.1) is 0 Å². The van der Waals surface area contributed by atoms with Crippen LogP contribution in [0, 0.1) is 0 Å². The highest BCUT2D eigenvalue weighted by Crippen LogP contribution is 2.25. The highest BCUT2D eigenvalue weighted by molar-refractivity contribution is 5.77. The van der Waals surface area contributed by atoms with E-state index in [-0.39, 0.29) is 0 Å². The first-order valence-electron chi connectivity index (χ1n) is 7.75. The zero-order chi connectivity index (χ0) is 15.8. The third-order valence-corrected chi connectivity index (χ3v) is 3.61. The van der Waals surface area contributed by atoms with Crippen LogP contribution in [0.5, 0.6) is 0 Å². The molecule has 112 valence electrons. The van der Waals surface area contributed by atoms with Crippen LogP contribution in [0.1, 0.15) is 58.1 Å². The highest BCUT2D eigenvalue weighted by atomic mass is 14.1. The molecule has 0 fully saturated rings. The number of hydrogen-bond donors (Lipinski definition) is 0. The minimum absolute atomic E-state index is 1.04. The lowest BCUT2D eigenvalue weighted by Crippen LogP contribution is -1.89. The van der Waals surface area contributed by atoms with Gasteiger partial charge in [-0.1, -0.05) is 68.5 Å². The van der Waals surface area contributed by atoms with Crippen LogP contribution in [-0.2, 0) is 0 Å². The van der Waals surface area contributed by atoms with E-state index < -0.39 is 0 Å². The summed E-state index contributed by atoms with van der Waals surface area (Å²) in [7, 11) is 0. The maximum atomic E-state index is 4.19. The van der Waals surface area contributed by atoms with E-state index in [9.17, 15) is 0 Å². The second-order valence-electron chi connectivity index (χ2n) is 5.86. The fraction of sp³-hybridized carbons (Fsp3) is 0.333. The van der Waals surface area contributed by atoms with E-state index in [2.05, 4.69) is 77.3 Å². The minimum atomic E-state index is 1.04. The van der Waals surface area contributed by atoms with Crippen molar-refractivity contribution in [2.75, 3.05) is 0 Å². The minimum Gasteiger partial charge on any atom is -0.0952 e. The summed E-state index contributed by atoms with van der Waals surface area (Å²) < 4.78 is 0. The van der Waals surface area contributed by atoms with E-state index in [4.69, 9.17) is 0 Å². The van der Waals surface area contributed by atoms with Crippen molar-refractivity contribution in [3.63, 3.8) is 0 Å². The van der Waals surface area contributed by atoms with Gasteiger partial charge in [-0.25, -0.2) is 0 Å². The largest absolute Gasteiger partial charge is 0.0952 e. The molecule has 0 aliphatic carbocycles. The maximum absolute atomic E-state index is 4.19. The molecule has 0 atom stereocenters. The van der Waals surface area contributed by atoms with Gasteiger partial charge in [0, 0.05) is 0 Å². The monoisotopic (exact) mass is 280 g/mol. The first kappa shape index (κ1) is 17.2. The summed E-state index contributed by atoms with van der Waals surface area (Å²) in [6.45, 7) is 16.9. The van der Waals surface area contributed by atoms with Gasteiger partial charge in [0.05, 0.1) is 0 Å². The Balaban J connectivity index is 2.83. The van der Waals surface area contributed by atoms with Gasteiger partial charge in [-0.2, -0.15) is 0 Å². The van der Waals surface area contributed by atoms with Crippen LogP contribution in [0.25, 0.3) is 11.1 Å². The van der Waals surface area contributed by atoms with E-state index in [0.29, 0.717) is 0 Å². The average Bonchev–Trinajstić information content (AvgIpc) is 2.49. The van der Waals surface area contributed by atoms with Crippen LogP contribution in [0.4, 0.5) is 0 Å². The Morgan fingerprint density at radius 1 is 0.952 bits per heavy atom. The van der Waals surface area contributed by atoms with Crippen molar-refractivity contribution < 1.29 is 0 Å². The summed E-state index contributed by atoms with van der Waals surface area (Å²) in [5.41, 5.74) is 7.24. The number of allylic oxidation sites excluding steroid dienone is 6. The SMILES string of the molecule is C=C(CCCC)C(=C)c1ccc(/C(C)=C/C=C(C)C)cc1. The van der Waals surface area contributed by atoms with Gasteiger partial charge in [-0.3, -0.25) is 0 Å². The summed E-state index contributed by atoms with van der Waals surface area (Å²) in [5.74, 6) is 0. The molecule has 0 N–H and O–H groups in total. The summed E-state index contributed by atoms with van der Waals surface area (Å²) in [5, 5.41) is 0. The molecule has 1 aromatic carbocycles. The second-order valence-corrected chi connectivity index (χ2v) is 5.86. The third-order valence-electron chi connectivity index (χ3n) is 3.61. The Kier molecular flexibility index (Phi) is 6.94. The molecule has 0 aromatic heterocycles. The van der Waals surface area contributed by atoms with E-state index in [1.54, 1.807) is 0 Å². The molecule has 21 heavy (non-hydrogen) atoms. The van der Waals surface area contributed by atoms with Crippen molar-refractivity contribution in [1.82, 2.24) is 0 Å². The third kappa shape index (κ3) is 5.59. The average molecular weight is 280 g/mol. The van der Waals surface area contributed by atoms with Crippen LogP contribution < -0.4 is 0 Å². The van der Waals surface area contributed by atoms with Gasteiger partial charge >= 0.3 is 0 Å². The summed E-state index contributed by atoms with van der Waals surface area (Å²) in [6, 6.07) is 8.62. The zero-order valence-electron chi connectivity index (χ0n) is 14.0. The summed E-state index contributed by atoms with van der Waals surface area (Å²) in [6.07, 6.45) is 7.73. The molecular weight excluding hydrogens is 252 g/mol. The van der Waals surface area contributed by atoms with Crippen molar-refractivity contribution in [2.45, 2.75) is 47.0 Å². The van der Waals surface area contributed by atoms with Crippen LogP contribution in [-0.4, -0.2) is 0 Å². The van der Waals surface area contributed by atoms with Gasteiger partial charge in [0.1, 0.15) is 0 Å². The van der Waals surface area contributed by atoms with E-state index >= 15 is 0 Å². The molecule has 0 aliphatic rings. The molecule has 0 amide bonds. The predicted octanol–water partition coefficient (Wildman–Crippen LogP) is 6.82. The quantitative estimate of drug-likeness (QED) is 0.481. The van der Waals surface area contributed by atoms with E-state index in [1.807, 2.05) is 0 Å². The second kappa shape index (κ2) is 8.46. The number of benzene rings is 1. The predicted molar refractivity (Wildman–Crippen MR) is 97.2 cm³/mol. The van der Waals surface area contributed by atoms with Gasteiger partial charge in [0.2, 0.25) is 0 Å². The molecule has 0 heteroatoms. The van der Waals surface area contributed by atoms with Crippen molar-refractivity contribution in [3.05, 3.63) is 71.8 Å². The Morgan fingerprint density at radius 2 is 1.52 bits per heavy atom. The highest BCUT2D eigenvalue weighted by Gasteiger charge is 2.04. The molecule has 0 aliphatic heterocycles. The van der Waals surface area contributed by atoms with E-state index in [0.717, 1.165) is 17.6 Å². The topological polar surface area (TPSA) is 0 Å². The maximum Gasteiger partial charge on any atom is -0.0187 e. The lowest BCUT2D eigenvalue weighted by Gasteiger charge is -2.10. The molecule has 0 unspecified atom stereocenters. The van der Waals surface area contributed by atoms with Crippen molar-refractivity contribution in [1.29, 1.82) is 0 Å². The van der Waals surface area contributed by atoms with Crippen LogP contribution in [0.3, 0.4) is 0 Å². The molecule has 0 heterocycles. The molecule has 0 saturated carbocycles. The number of unbranched alkanes of at least 4 members (excludes halogenated alkanes) is 1. The molecule has 0 nitrogen and oxygen atoms in total. The molecular formula is C21H28.